The van der Waals surface area contributed by atoms with E-state index in [4.69, 9.17) is 9.29 Å². The topological polar surface area (TPSA) is 63.6 Å². The van der Waals surface area contributed by atoms with Crippen molar-refractivity contribution >= 4 is 72.8 Å². The predicted molar refractivity (Wildman–Crippen MR) is 116 cm³/mol. The first-order valence-corrected chi connectivity index (χ1v) is 12.3. The van der Waals surface area contributed by atoms with Gasteiger partial charge in [0, 0.05) is 0 Å². The number of hydrogen-bond acceptors (Lipinski definition) is 3. The van der Waals surface area contributed by atoms with E-state index in [0.717, 1.165) is 48.7 Å². The number of carboxylic acids is 1. The van der Waals surface area contributed by atoms with E-state index in [-0.39, 0.29) is 62.9 Å². The average molecular weight is 411 g/mol. The number of aromatic carboxylic acids is 1. The molecule has 0 radical (unpaired) electrons. The molecule has 0 aliphatic heterocycles. The maximum absolute atomic E-state index is 13.0. The molecule has 1 aromatic carbocycles. The third kappa shape index (κ3) is 6.64. The standard InChI is InChI=1S/C20H34O4S.K.H/c1-5-12-25(13-6-2,14-7-3,15-8-4)24-20(23)18-11-9-10-17(16-18)19(21)22;;/h9-11,16,25H,5-8,12-15H2,1-4H3,(H,21,22);;. The van der Waals surface area contributed by atoms with Gasteiger partial charge in [0.15, 0.2) is 0 Å². The Hall–Kier alpha value is 0.146. The number of carbonyl (C=O) groups excluding carboxylic acids is 1. The van der Waals surface area contributed by atoms with E-state index in [2.05, 4.69) is 27.7 Å². The summed E-state index contributed by atoms with van der Waals surface area (Å²) >= 11 is 0. The zero-order chi connectivity index (χ0) is 18.9. The van der Waals surface area contributed by atoms with Gasteiger partial charge in [-0.3, -0.25) is 0 Å². The summed E-state index contributed by atoms with van der Waals surface area (Å²) in [7, 11) is -2.62. The summed E-state index contributed by atoms with van der Waals surface area (Å²) in [5, 5.41) is 9.17. The van der Waals surface area contributed by atoms with E-state index in [1.165, 1.54) is 12.1 Å². The molecule has 0 aliphatic rings. The Morgan fingerprint density at radius 2 is 1.31 bits per heavy atom. The normalized spacial score (nSPS) is 12.5. The second-order valence-corrected chi connectivity index (χ2v) is 12.7. The van der Waals surface area contributed by atoms with Gasteiger partial charge in [-0.2, -0.15) is 9.44 Å². The monoisotopic (exact) mass is 410 g/mol. The first-order valence-electron chi connectivity index (χ1n) is 9.43. The zero-order valence-electron chi connectivity index (χ0n) is 16.1. The van der Waals surface area contributed by atoms with Crippen molar-refractivity contribution in [3.05, 3.63) is 35.4 Å². The molecule has 0 bridgehead atoms. The zero-order valence-corrected chi connectivity index (χ0v) is 17.0. The van der Waals surface area contributed by atoms with Crippen LogP contribution in [-0.2, 0) is 4.18 Å². The van der Waals surface area contributed by atoms with Gasteiger partial charge in [0.05, 0.1) is 11.1 Å². The Morgan fingerprint density at radius 3 is 1.69 bits per heavy atom. The fourth-order valence-corrected chi connectivity index (χ4v) is 11.0. The molecule has 0 heterocycles. The summed E-state index contributed by atoms with van der Waals surface area (Å²) in [6.07, 6.45) is 4.00. The van der Waals surface area contributed by atoms with Crippen LogP contribution in [0.25, 0.3) is 0 Å². The van der Waals surface area contributed by atoms with Crippen LogP contribution in [0.5, 0.6) is 0 Å². The van der Waals surface area contributed by atoms with Crippen LogP contribution in [0.3, 0.4) is 0 Å². The molecule has 1 aromatic rings. The molecule has 0 fully saturated rings. The summed E-state index contributed by atoms with van der Waals surface area (Å²) in [4.78, 5) is 24.1. The van der Waals surface area contributed by atoms with Crippen molar-refractivity contribution in [1.82, 2.24) is 0 Å². The maximum atomic E-state index is 13.0. The van der Waals surface area contributed by atoms with Crippen molar-refractivity contribution < 1.29 is 18.9 Å². The second kappa shape index (κ2) is 11.9. The minimum absolute atomic E-state index is 0. The third-order valence-corrected chi connectivity index (χ3v) is 11.8. The van der Waals surface area contributed by atoms with E-state index in [1.807, 2.05) is 0 Å². The number of thiol groups is 1. The van der Waals surface area contributed by atoms with Crippen LogP contribution in [0.4, 0.5) is 0 Å². The molecule has 26 heavy (non-hydrogen) atoms. The van der Waals surface area contributed by atoms with Crippen LogP contribution in [0.1, 0.15) is 74.1 Å². The van der Waals surface area contributed by atoms with Crippen molar-refractivity contribution in [1.29, 1.82) is 0 Å². The fraction of sp³-hybridized carbons (Fsp3) is 0.600. The minimum atomic E-state index is -2.62. The van der Waals surface area contributed by atoms with Crippen LogP contribution < -0.4 is 0 Å². The molecular formula is C20H35KO4S. The Balaban J connectivity index is 0.00000625. The van der Waals surface area contributed by atoms with Crippen molar-refractivity contribution in [2.45, 2.75) is 53.4 Å². The summed E-state index contributed by atoms with van der Waals surface area (Å²) < 4.78 is 6.41. The van der Waals surface area contributed by atoms with Gasteiger partial charge < -0.3 is 9.29 Å². The van der Waals surface area contributed by atoms with Crippen molar-refractivity contribution in [3.8, 4) is 0 Å². The van der Waals surface area contributed by atoms with Crippen molar-refractivity contribution in [2.24, 2.45) is 0 Å². The molecule has 6 heteroatoms. The quantitative estimate of drug-likeness (QED) is 0.416. The Bertz CT molecular complexity index is 568. The number of carboxylic acid groups (broad SMARTS) is 1. The van der Waals surface area contributed by atoms with Gasteiger partial charge in [-0.15, -0.1) is 0 Å². The number of benzene rings is 1. The first kappa shape index (κ1) is 26.1. The Morgan fingerprint density at radius 1 is 0.885 bits per heavy atom. The molecule has 0 unspecified atom stereocenters. The molecule has 0 aromatic heterocycles. The summed E-state index contributed by atoms with van der Waals surface area (Å²) in [5.74, 6) is 2.47. The van der Waals surface area contributed by atoms with E-state index in [1.54, 1.807) is 12.1 Å². The van der Waals surface area contributed by atoms with Gasteiger partial charge in [0.25, 0.3) is 0 Å². The SMILES string of the molecule is CCC[SH](CCC)(CCC)(CCC)OC(=O)c1cccc(C(=O)O)c1.[KH]. The molecule has 0 amide bonds. The Kier molecular flexibility index (Phi) is 11.9. The summed E-state index contributed by atoms with van der Waals surface area (Å²) in [6, 6.07) is 6.17. The van der Waals surface area contributed by atoms with Crippen LogP contribution in [0, 0.1) is 0 Å². The molecule has 0 saturated carbocycles. The third-order valence-electron chi connectivity index (χ3n) is 4.84. The van der Waals surface area contributed by atoms with E-state index >= 15 is 0 Å². The molecule has 1 rings (SSSR count). The molecule has 1 N–H and O–H groups in total. The molecule has 0 aliphatic carbocycles. The molecule has 0 spiro atoms. The number of hydrogen-bond donors (Lipinski definition) is 2. The fourth-order valence-electron chi connectivity index (χ4n) is 4.18. The van der Waals surface area contributed by atoms with Gasteiger partial charge in [0.2, 0.25) is 0 Å². The molecule has 146 valence electrons. The van der Waals surface area contributed by atoms with Crippen molar-refractivity contribution in [2.75, 3.05) is 23.0 Å². The van der Waals surface area contributed by atoms with Crippen LogP contribution in [0.2, 0.25) is 0 Å². The average Bonchev–Trinajstić information content (AvgIpc) is 2.56. The molecule has 0 atom stereocenters. The van der Waals surface area contributed by atoms with E-state index < -0.39 is 15.4 Å². The summed E-state index contributed by atoms with van der Waals surface area (Å²) in [6.45, 7) is 8.62. The van der Waals surface area contributed by atoms with Crippen molar-refractivity contribution in [3.63, 3.8) is 0 Å². The van der Waals surface area contributed by atoms with E-state index in [9.17, 15) is 9.59 Å². The van der Waals surface area contributed by atoms with Crippen LogP contribution in [-0.4, -0.2) is 91.4 Å². The van der Waals surface area contributed by atoms with E-state index in [0.29, 0.717) is 5.56 Å². The van der Waals surface area contributed by atoms with Gasteiger partial charge in [-0.1, -0.05) is 33.8 Å². The Labute approximate surface area is 201 Å². The van der Waals surface area contributed by atoms with Crippen LogP contribution >= 0.6 is 9.44 Å². The first-order chi connectivity index (χ1) is 11.8. The number of carbonyl (C=O) groups is 2. The van der Waals surface area contributed by atoms with Gasteiger partial charge in [-0.25, -0.2) is 9.59 Å². The molecule has 4 nitrogen and oxygen atoms in total. The van der Waals surface area contributed by atoms with Gasteiger partial charge >= 0.3 is 63.3 Å². The van der Waals surface area contributed by atoms with Gasteiger partial charge in [-0.05, 0) is 66.9 Å². The van der Waals surface area contributed by atoms with Gasteiger partial charge in [0.1, 0.15) is 0 Å². The number of rotatable bonds is 11. The summed E-state index contributed by atoms with van der Waals surface area (Å²) in [5.41, 5.74) is 0.458. The second-order valence-electron chi connectivity index (χ2n) is 7.02. The predicted octanol–water partition coefficient (Wildman–Crippen LogP) is 4.52. The van der Waals surface area contributed by atoms with Crippen LogP contribution in [0.15, 0.2) is 24.3 Å². The molecule has 0 saturated heterocycles. The molecular weight excluding hydrogens is 375 g/mol.